The van der Waals surface area contributed by atoms with E-state index in [1.54, 1.807) is 19.9 Å². The third-order valence-corrected chi connectivity index (χ3v) is 3.40. The summed E-state index contributed by atoms with van der Waals surface area (Å²) in [6, 6.07) is 4.57. The molecule has 25 heavy (non-hydrogen) atoms. The lowest BCUT2D eigenvalue weighted by Gasteiger charge is -2.11. The first kappa shape index (κ1) is 20.9. The van der Waals surface area contributed by atoms with Crippen LogP contribution in [0, 0.1) is 17.2 Å². The lowest BCUT2D eigenvalue weighted by molar-refractivity contribution is -0.144. The average molecular weight is 385 g/mol. The van der Waals surface area contributed by atoms with Crippen molar-refractivity contribution in [2.45, 2.75) is 33.3 Å². The molecule has 1 atom stereocenters. The van der Waals surface area contributed by atoms with Gasteiger partial charge in [0.1, 0.15) is 0 Å². The first-order valence-electron chi connectivity index (χ1n) is 7.60. The highest BCUT2D eigenvalue weighted by Crippen LogP contribution is 2.33. The number of nitriles is 1. The van der Waals surface area contributed by atoms with E-state index in [1.807, 2.05) is 6.92 Å². The molecule has 0 aliphatic rings. The van der Waals surface area contributed by atoms with Crippen LogP contribution in [0.2, 0.25) is 10.0 Å². The van der Waals surface area contributed by atoms with Gasteiger partial charge in [0.05, 0.1) is 35.1 Å². The summed E-state index contributed by atoms with van der Waals surface area (Å²) >= 11 is 12.2. The minimum absolute atomic E-state index is 0.0184. The molecule has 0 aromatic heterocycles. The summed E-state index contributed by atoms with van der Waals surface area (Å²) in [5.74, 6) is -2.53. The Bertz CT molecular complexity index is 711. The normalized spacial score (nSPS) is 12.0. The van der Waals surface area contributed by atoms with Crippen molar-refractivity contribution >= 4 is 47.0 Å². The van der Waals surface area contributed by atoms with Crippen molar-refractivity contribution in [3.63, 3.8) is 0 Å². The molecular weight excluding hydrogens is 367 g/mol. The van der Waals surface area contributed by atoms with E-state index in [0.717, 1.165) is 6.21 Å². The minimum atomic E-state index is -1.19. The van der Waals surface area contributed by atoms with Gasteiger partial charge in [-0.15, -0.1) is 0 Å². The Hall–Kier alpha value is -2.10. The van der Waals surface area contributed by atoms with Gasteiger partial charge >= 0.3 is 11.9 Å². The Morgan fingerprint density at radius 1 is 1.36 bits per heavy atom. The molecule has 0 heterocycles. The summed E-state index contributed by atoms with van der Waals surface area (Å²) in [5.41, 5.74) is 0.200. The second-order valence-corrected chi connectivity index (χ2v) is 6.11. The van der Waals surface area contributed by atoms with Gasteiger partial charge in [-0.25, -0.2) is 4.79 Å². The van der Waals surface area contributed by atoms with Crippen LogP contribution in [0.15, 0.2) is 17.1 Å². The van der Waals surface area contributed by atoms with Crippen LogP contribution in [0.5, 0.6) is 0 Å². The van der Waals surface area contributed by atoms with E-state index in [2.05, 4.69) is 4.99 Å². The maximum atomic E-state index is 12.1. The maximum Gasteiger partial charge on any atom is 0.340 e. The second kappa shape index (κ2) is 10.0. The quantitative estimate of drug-likeness (QED) is 0.514. The smallest absolute Gasteiger partial charge is 0.340 e. The third kappa shape index (κ3) is 6.37. The fraction of sp³-hybridized carbons (Fsp3) is 0.412. The maximum absolute atomic E-state index is 12.1. The zero-order valence-electron chi connectivity index (χ0n) is 14.1. The molecule has 1 rings (SSSR count). The van der Waals surface area contributed by atoms with Crippen LogP contribution in [0.4, 0.5) is 5.69 Å². The van der Waals surface area contributed by atoms with E-state index in [1.165, 1.54) is 12.1 Å². The van der Waals surface area contributed by atoms with Gasteiger partial charge in [-0.3, -0.25) is 9.79 Å². The van der Waals surface area contributed by atoms with Crippen molar-refractivity contribution in [3.8, 4) is 6.07 Å². The summed E-state index contributed by atoms with van der Waals surface area (Å²) < 4.78 is 10.0. The number of ether oxygens (including phenoxy) is 2. The van der Waals surface area contributed by atoms with E-state index in [-0.39, 0.29) is 34.0 Å². The van der Waals surface area contributed by atoms with Gasteiger partial charge in [0.15, 0.2) is 5.92 Å². The largest absolute Gasteiger partial charge is 0.464 e. The van der Waals surface area contributed by atoms with Gasteiger partial charge in [0.25, 0.3) is 0 Å². The average Bonchev–Trinajstić information content (AvgIpc) is 2.55. The first-order valence-corrected chi connectivity index (χ1v) is 8.36. The van der Waals surface area contributed by atoms with Gasteiger partial charge in [0, 0.05) is 11.2 Å². The topological polar surface area (TPSA) is 88.8 Å². The third-order valence-electron chi connectivity index (χ3n) is 2.78. The first-order chi connectivity index (χ1) is 11.8. The van der Waals surface area contributed by atoms with Crippen LogP contribution in [-0.2, 0) is 14.3 Å². The molecule has 0 N–H and O–H groups in total. The Kier molecular flexibility index (Phi) is 8.39. The summed E-state index contributed by atoms with van der Waals surface area (Å²) in [4.78, 5) is 27.8. The fourth-order valence-electron chi connectivity index (χ4n) is 1.69. The van der Waals surface area contributed by atoms with Crippen LogP contribution < -0.4 is 0 Å². The SMILES string of the molecule is CCCOC(=O)C(C#N)C=Nc1cc(Cl)cc(C(=O)OC(C)C)c1Cl. The fourth-order valence-corrected chi connectivity index (χ4v) is 2.14. The number of benzene rings is 1. The number of esters is 2. The number of aliphatic imine (C=N–C) groups is 1. The van der Waals surface area contributed by atoms with Gasteiger partial charge in [0.2, 0.25) is 0 Å². The number of carbonyl (C=O) groups excluding carboxylic acids is 2. The second-order valence-electron chi connectivity index (χ2n) is 5.29. The Morgan fingerprint density at radius 2 is 2.04 bits per heavy atom. The molecule has 0 saturated heterocycles. The molecule has 134 valence electrons. The van der Waals surface area contributed by atoms with Gasteiger partial charge in [-0.05, 0) is 32.4 Å². The summed E-state index contributed by atoms with van der Waals surface area (Å²) in [7, 11) is 0. The predicted octanol–water partition coefficient (Wildman–Crippen LogP) is 4.35. The minimum Gasteiger partial charge on any atom is -0.464 e. The number of nitrogens with zero attached hydrogens (tertiary/aromatic N) is 2. The highest BCUT2D eigenvalue weighted by atomic mass is 35.5. The molecule has 6 nitrogen and oxygen atoms in total. The molecule has 0 bridgehead atoms. The van der Waals surface area contributed by atoms with Crippen LogP contribution in [-0.4, -0.2) is 30.9 Å². The lowest BCUT2D eigenvalue weighted by Crippen LogP contribution is -2.17. The van der Waals surface area contributed by atoms with Crippen LogP contribution in [0.25, 0.3) is 0 Å². The molecule has 0 aliphatic heterocycles. The highest BCUT2D eigenvalue weighted by Gasteiger charge is 2.20. The molecule has 1 aromatic rings. The summed E-state index contributed by atoms with van der Waals surface area (Å²) in [5, 5.41) is 9.30. The van der Waals surface area contributed by atoms with Crippen LogP contribution in [0.1, 0.15) is 37.6 Å². The number of carbonyl (C=O) groups is 2. The summed E-state index contributed by atoms with van der Waals surface area (Å²) in [6.45, 7) is 5.46. The van der Waals surface area contributed by atoms with E-state index in [9.17, 15) is 9.59 Å². The molecule has 1 unspecified atom stereocenters. The van der Waals surface area contributed by atoms with Crippen LogP contribution in [0.3, 0.4) is 0 Å². The zero-order chi connectivity index (χ0) is 19.0. The standard InChI is InChI=1S/C17H18Cl2N2O4/c1-4-5-24-16(22)11(8-20)9-21-14-7-12(18)6-13(15(14)19)17(23)25-10(2)3/h6-7,9-11H,4-5H2,1-3H3. The van der Waals surface area contributed by atoms with Gasteiger partial charge in [-0.1, -0.05) is 30.1 Å². The number of halogens is 2. The van der Waals surface area contributed by atoms with Crippen molar-refractivity contribution in [1.29, 1.82) is 5.26 Å². The molecule has 8 heteroatoms. The van der Waals surface area contributed by atoms with Crippen molar-refractivity contribution in [3.05, 3.63) is 27.7 Å². The lowest BCUT2D eigenvalue weighted by atomic mass is 10.2. The molecule has 0 saturated carbocycles. The molecule has 0 fully saturated rings. The molecule has 0 aliphatic carbocycles. The van der Waals surface area contributed by atoms with Gasteiger partial charge in [-0.2, -0.15) is 5.26 Å². The van der Waals surface area contributed by atoms with E-state index < -0.39 is 17.9 Å². The van der Waals surface area contributed by atoms with E-state index in [0.29, 0.717) is 6.42 Å². The molecule has 0 radical (unpaired) electrons. The Balaban J connectivity index is 3.09. The molecule has 0 amide bonds. The van der Waals surface area contributed by atoms with Crippen molar-refractivity contribution in [1.82, 2.24) is 0 Å². The number of hydrogen-bond donors (Lipinski definition) is 0. The van der Waals surface area contributed by atoms with Gasteiger partial charge < -0.3 is 9.47 Å². The summed E-state index contributed by atoms with van der Waals surface area (Å²) in [6.07, 6.45) is 1.42. The van der Waals surface area contributed by atoms with Crippen molar-refractivity contribution in [2.24, 2.45) is 10.9 Å². The number of rotatable bonds is 7. The number of hydrogen-bond acceptors (Lipinski definition) is 6. The predicted molar refractivity (Wildman–Crippen MR) is 95.5 cm³/mol. The van der Waals surface area contributed by atoms with E-state index >= 15 is 0 Å². The van der Waals surface area contributed by atoms with E-state index in [4.69, 9.17) is 37.9 Å². The van der Waals surface area contributed by atoms with Crippen molar-refractivity contribution < 1.29 is 19.1 Å². The Labute approximate surface area is 156 Å². The Morgan fingerprint density at radius 3 is 2.60 bits per heavy atom. The van der Waals surface area contributed by atoms with Crippen LogP contribution >= 0.6 is 23.2 Å². The molecule has 1 aromatic carbocycles. The van der Waals surface area contributed by atoms with Crippen molar-refractivity contribution in [2.75, 3.05) is 6.61 Å². The molecule has 0 spiro atoms. The zero-order valence-corrected chi connectivity index (χ0v) is 15.6. The monoisotopic (exact) mass is 384 g/mol. The molecular formula is C17H18Cl2N2O4. The highest BCUT2D eigenvalue weighted by molar-refractivity contribution is 6.38.